The van der Waals surface area contributed by atoms with Crippen molar-refractivity contribution < 1.29 is 4.39 Å². The van der Waals surface area contributed by atoms with Crippen LogP contribution < -0.4 is 11.1 Å². The van der Waals surface area contributed by atoms with Crippen LogP contribution in [-0.2, 0) is 0 Å². The molecule has 0 spiro atoms. The first kappa shape index (κ1) is 15.7. The van der Waals surface area contributed by atoms with E-state index in [0.717, 1.165) is 5.56 Å². The molecule has 8 heteroatoms. The average Bonchev–Trinajstić information content (AvgIpc) is 2.37. The molecule has 0 amide bonds. The molecule has 0 radical (unpaired) electrons. The number of hydrogen-bond donors (Lipinski definition) is 2. The molecule has 5 nitrogen and oxygen atoms in total. The van der Waals surface area contributed by atoms with Crippen LogP contribution in [0.2, 0.25) is 10.0 Å². The maximum Gasteiger partial charge on any atom is 0.228 e. The van der Waals surface area contributed by atoms with E-state index in [-0.39, 0.29) is 23.8 Å². The quantitative estimate of drug-likeness (QED) is 0.887. The van der Waals surface area contributed by atoms with Gasteiger partial charge in [-0.2, -0.15) is 15.0 Å². The summed E-state index contributed by atoms with van der Waals surface area (Å²) in [5.41, 5.74) is 6.36. The third-order valence-electron chi connectivity index (χ3n) is 2.80. The van der Waals surface area contributed by atoms with Crippen LogP contribution in [0.15, 0.2) is 18.2 Å². The second-order valence-electron chi connectivity index (χ2n) is 4.52. The number of nitrogen functional groups attached to an aromatic ring is 1. The van der Waals surface area contributed by atoms with Crippen LogP contribution in [0.5, 0.6) is 0 Å². The lowest BCUT2D eigenvalue weighted by atomic mass is 10.1. The second-order valence-corrected chi connectivity index (χ2v) is 5.37. The maximum absolute atomic E-state index is 13.3. The van der Waals surface area contributed by atoms with E-state index in [2.05, 4.69) is 20.3 Å². The number of nitrogens with two attached hydrogens (primary N) is 1. The van der Waals surface area contributed by atoms with Gasteiger partial charge in [0.15, 0.2) is 12.0 Å². The largest absolute Gasteiger partial charge is 0.368 e. The molecule has 0 aliphatic rings. The summed E-state index contributed by atoms with van der Waals surface area (Å²) in [5.74, 6) is 0.140. The zero-order valence-corrected chi connectivity index (χ0v) is 13.0. The molecular formula is C13H14Cl2FN5. The Bertz CT molecular complexity index is 650. The predicted octanol–water partition coefficient (Wildman–Crippen LogP) is 3.96. The van der Waals surface area contributed by atoms with Crippen molar-refractivity contribution in [1.29, 1.82) is 0 Å². The molecule has 1 aromatic heterocycles. The normalized spacial score (nSPS) is 13.8. The molecule has 0 bridgehead atoms. The third-order valence-corrected chi connectivity index (χ3v) is 3.36. The van der Waals surface area contributed by atoms with Crippen molar-refractivity contribution in [2.45, 2.75) is 26.1 Å². The number of nitrogens with zero attached hydrogens (tertiary/aromatic N) is 3. The average molecular weight is 330 g/mol. The fourth-order valence-corrected chi connectivity index (χ4v) is 2.35. The van der Waals surface area contributed by atoms with Crippen LogP contribution in [0, 0.1) is 0 Å². The summed E-state index contributed by atoms with van der Waals surface area (Å²) < 4.78 is 13.3. The molecule has 3 N–H and O–H groups in total. The van der Waals surface area contributed by atoms with Crippen LogP contribution in [-0.4, -0.2) is 15.0 Å². The number of anilines is 2. The molecule has 0 aliphatic heterocycles. The fraction of sp³-hybridized carbons (Fsp3) is 0.308. The van der Waals surface area contributed by atoms with Crippen molar-refractivity contribution in [3.63, 3.8) is 0 Å². The van der Waals surface area contributed by atoms with Crippen molar-refractivity contribution in [3.05, 3.63) is 39.6 Å². The Morgan fingerprint density at radius 2 is 1.90 bits per heavy atom. The third kappa shape index (κ3) is 3.92. The topological polar surface area (TPSA) is 76.7 Å². The summed E-state index contributed by atoms with van der Waals surface area (Å²) in [4.78, 5) is 11.7. The van der Waals surface area contributed by atoms with Gasteiger partial charge in [0, 0.05) is 10.0 Å². The maximum atomic E-state index is 13.3. The Balaban J connectivity index is 2.25. The minimum atomic E-state index is -1.33. The molecule has 2 atom stereocenters. The monoisotopic (exact) mass is 329 g/mol. The molecular weight excluding hydrogens is 316 g/mol. The summed E-state index contributed by atoms with van der Waals surface area (Å²) in [5, 5.41) is 4.09. The van der Waals surface area contributed by atoms with Gasteiger partial charge in [-0.05, 0) is 31.5 Å². The van der Waals surface area contributed by atoms with Gasteiger partial charge in [-0.15, -0.1) is 0 Å². The van der Waals surface area contributed by atoms with Crippen LogP contribution in [0.25, 0.3) is 0 Å². The second kappa shape index (κ2) is 6.41. The number of hydrogen-bond acceptors (Lipinski definition) is 5. The highest BCUT2D eigenvalue weighted by atomic mass is 35.5. The number of nitrogens with one attached hydrogen (secondary N) is 1. The van der Waals surface area contributed by atoms with Gasteiger partial charge in [-0.1, -0.05) is 29.3 Å². The van der Waals surface area contributed by atoms with Gasteiger partial charge >= 0.3 is 0 Å². The van der Waals surface area contributed by atoms with Crippen LogP contribution in [0.4, 0.5) is 16.3 Å². The molecule has 2 aromatic rings. The SMILES string of the molecule is CC(F)c1nc(N)nc(NC(C)c2ccc(Cl)cc2Cl)n1. The smallest absolute Gasteiger partial charge is 0.228 e. The first-order valence-corrected chi connectivity index (χ1v) is 6.99. The molecule has 0 fully saturated rings. The van der Waals surface area contributed by atoms with Crippen molar-refractivity contribution in [3.8, 4) is 0 Å². The van der Waals surface area contributed by atoms with Gasteiger partial charge in [-0.25, -0.2) is 4.39 Å². The molecule has 21 heavy (non-hydrogen) atoms. The molecule has 112 valence electrons. The van der Waals surface area contributed by atoms with Crippen molar-refractivity contribution in [1.82, 2.24) is 15.0 Å². The van der Waals surface area contributed by atoms with E-state index in [1.807, 2.05) is 6.92 Å². The number of halogens is 3. The summed E-state index contributed by atoms with van der Waals surface area (Å²) >= 11 is 12.0. The lowest BCUT2D eigenvalue weighted by Gasteiger charge is -2.16. The molecule has 0 saturated carbocycles. The highest BCUT2D eigenvalue weighted by molar-refractivity contribution is 6.35. The Morgan fingerprint density at radius 1 is 1.19 bits per heavy atom. The van der Waals surface area contributed by atoms with E-state index >= 15 is 0 Å². The molecule has 1 heterocycles. The van der Waals surface area contributed by atoms with E-state index in [1.165, 1.54) is 6.92 Å². The summed E-state index contributed by atoms with van der Waals surface area (Å²) in [7, 11) is 0. The zero-order valence-electron chi connectivity index (χ0n) is 11.4. The van der Waals surface area contributed by atoms with E-state index in [1.54, 1.807) is 18.2 Å². The van der Waals surface area contributed by atoms with E-state index < -0.39 is 6.17 Å². The standard InChI is InChI=1S/C13H14Cl2FN5/c1-6(16)11-19-12(17)21-13(20-11)18-7(2)9-4-3-8(14)5-10(9)15/h3-7H,1-2H3,(H3,17,18,19,20,21). The van der Waals surface area contributed by atoms with Crippen LogP contribution >= 0.6 is 23.2 Å². The fourth-order valence-electron chi connectivity index (χ4n) is 1.78. The minimum Gasteiger partial charge on any atom is -0.368 e. The van der Waals surface area contributed by atoms with Gasteiger partial charge in [0.25, 0.3) is 0 Å². The highest BCUT2D eigenvalue weighted by Gasteiger charge is 2.14. The lowest BCUT2D eigenvalue weighted by molar-refractivity contribution is 0.356. The lowest BCUT2D eigenvalue weighted by Crippen LogP contribution is -2.13. The van der Waals surface area contributed by atoms with Gasteiger partial charge in [0.05, 0.1) is 6.04 Å². The summed E-state index contributed by atoms with van der Waals surface area (Å²) in [6.45, 7) is 3.20. The molecule has 2 unspecified atom stereocenters. The molecule has 0 saturated heterocycles. The van der Waals surface area contributed by atoms with Crippen molar-refractivity contribution in [2.75, 3.05) is 11.1 Å². The van der Waals surface area contributed by atoms with E-state index in [9.17, 15) is 4.39 Å². The molecule has 1 aromatic carbocycles. The molecule has 0 aliphatic carbocycles. The predicted molar refractivity (Wildman–Crippen MR) is 82.3 cm³/mol. The number of alkyl halides is 1. The first-order chi connectivity index (χ1) is 9.86. The highest BCUT2D eigenvalue weighted by Crippen LogP contribution is 2.28. The Labute approximate surface area is 131 Å². The van der Waals surface area contributed by atoms with E-state index in [0.29, 0.717) is 10.0 Å². The van der Waals surface area contributed by atoms with Gasteiger partial charge < -0.3 is 11.1 Å². The number of benzene rings is 1. The van der Waals surface area contributed by atoms with E-state index in [4.69, 9.17) is 28.9 Å². The molecule has 2 rings (SSSR count). The van der Waals surface area contributed by atoms with Crippen LogP contribution in [0.1, 0.15) is 37.4 Å². The van der Waals surface area contributed by atoms with Gasteiger partial charge in [-0.3, -0.25) is 0 Å². The van der Waals surface area contributed by atoms with Gasteiger partial charge in [0.2, 0.25) is 11.9 Å². The number of rotatable bonds is 4. The number of aromatic nitrogens is 3. The summed E-state index contributed by atoms with van der Waals surface area (Å²) in [6.07, 6.45) is -1.33. The summed E-state index contributed by atoms with van der Waals surface area (Å²) in [6, 6.07) is 4.97. The van der Waals surface area contributed by atoms with Crippen molar-refractivity contribution >= 4 is 35.1 Å². The Hall–Kier alpha value is -1.66. The first-order valence-electron chi connectivity index (χ1n) is 6.24. The Morgan fingerprint density at radius 3 is 2.52 bits per heavy atom. The van der Waals surface area contributed by atoms with Crippen LogP contribution in [0.3, 0.4) is 0 Å². The minimum absolute atomic E-state index is 0.0144. The Kier molecular flexibility index (Phi) is 4.80. The van der Waals surface area contributed by atoms with Crippen molar-refractivity contribution in [2.24, 2.45) is 0 Å². The van der Waals surface area contributed by atoms with Gasteiger partial charge in [0.1, 0.15) is 0 Å². The zero-order chi connectivity index (χ0) is 15.6.